The number of amides is 1. The lowest BCUT2D eigenvalue weighted by molar-refractivity contribution is 0.100. The van der Waals surface area contributed by atoms with Crippen molar-refractivity contribution in [1.82, 2.24) is 4.98 Å². The zero-order valence-corrected chi connectivity index (χ0v) is 9.48. The standard InChI is InChI=1S/C12H15N3O2/c13-12(16)10-7-14-4-3-11(10)15-6-9-2-1-5-17-8-9/h2-4,7H,1,5-6,8H2,(H2,13,16)(H,14,15). The van der Waals surface area contributed by atoms with Crippen molar-refractivity contribution in [2.75, 3.05) is 25.1 Å². The van der Waals surface area contributed by atoms with Crippen LogP contribution in [0.5, 0.6) is 0 Å². The van der Waals surface area contributed by atoms with Crippen LogP contribution in [0.3, 0.4) is 0 Å². The van der Waals surface area contributed by atoms with Crippen LogP contribution in [0.15, 0.2) is 30.1 Å². The van der Waals surface area contributed by atoms with Crippen LogP contribution in [0.4, 0.5) is 5.69 Å². The second-order valence-electron chi connectivity index (χ2n) is 3.84. The molecular weight excluding hydrogens is 218 g/mol. The molecule has 1 aromatic rings. The molecular formula is C12H15N3O2. The molecule has 3 N–H and O–H groups in total. The van der Waals surface area contributed by atoms with Crippen molar-refractivity contribution in [3.05, 3.63) is 35.7 Å². The number of nitrogens with two attached hydrogens (primary N) is 1. The van der Waals surface area contributed by atoms with Crippen LogP contribution < -0.4 is 11.1 Å². The van der Waals surface area contributed by atoms with Crippen molar-refractivity contribution < 1.29 is 9.53 Å². The molecule has 0 aromatic carbocycles. The molecule has 2 heterocycles. The Kier molecular flexibility index (Phi) is 3.72. The Morgan fingerprint density at radius 1 is 1.59 bits per heavy atom. The number of ether oxygens (including phenoxy) is 1. The van der Waals surface area contributed by atoms with Crippen molar-refractivity contribution in [2.24, 2.45) is 5.73 Å². The van der Waals surface area contributed by atoms with Crippen molar-refractivity contribution in [3.63, 3.8) is 0 Å². The van der Waals surface area contributed by atoms with Crippen LogP contribution in [0.25, 0.3) is 0 Å². The number of carbonyl (C=O) groups is 1. The predicted molar refractivity (Wildman–Crippen MR) is 64.8 cm³/mol. The van der Waals surface area contributed by atoms with E-state index in [1.54, 1.807) is 12.3 Å². The molecule has 5 heteroatoms. The summed E-state index contributed by atoms with van der Waals surface area (Å²) in [5, 5.41) is 3.18. The van der Waals surface area contributed by atoms with Crippen molar-refractivity contribution >= 4 is 11.6 Å². The average Bonchev–Trinajstić information content (AvgIpc) is 2.38. The van der Waals surface area contributed by atoms with Gasteiger partial charge in [0.1, 0.15) is 0 Å². The number of primary amides is 1. The van der Waals surface area contributed by atoms with Crippen LogP contribution in [0, 0.1) is 0 Å². The van der Waals surface area contributed by atoms with E-state index in [0.29, 0.717) is 24.4 Å². The third-order valence-electron chi connectivity index (χ3n) is 2.58. The lowest BCUT2D eigenvalue weighted by Gasteiger charge is -2.15. The number of hydrogen-bond donors (Lipinski definition) is 2. The van der Waals surface area contributed by atoms with Crippen molar-refractivity contribution in [1.29, 1.82) is 0 Å². The van der Waals surface area contributed by atoms with E-state index in [-0.39, 0.29) is 0 Å². The number of pyridine rings is 1. The molecule has 0 fully saturated rings. The Labute approximate surface area is 99.7 Å². The summed E-state index contributed by atoms with van der Waals surface area (Å²) in [5.74, 6) is -0.477. The Balaban J connectivity index is 2.03. The van der Waals surface area contributed by atoms with E-state index in [4.69, 9.17) is 10.5 Å². The van der Waals surface area contributed by atoms with Crippen LogP contribution >= 0.6 is 0 Å². The molecule has 0 bridgehead atoms. The summed E-state index contributed by atoms with van der Waals surface area (Å²) in [6, 6.07) is 1.74. The van der Waals surface area contributed by atoms with E-state index >= 15 is 0 Å². The van der Waals surface area contributed by atoms with Crippen LogP contribution in [0.1, 0.15) is 16.8 Å². The van der Waals surface area contributed by atoms with E-state index < -0.39 is 5.91 Å². The Morgan fingerprint density at radius 2 is 2.47 bits per heavy atom. The first kappa shape index (κ1) is 11.6. The molecule has 1 aliphatic rings. The lowest BCUT2D eigenvalue weighted by atomic mass is 10.1. The molecule has 0 saturated heterocycles. The summed E-state index contributed by atoms with van der Waals surface area (Å²) in [7, 11) is 0. The third kappa shape index (κ3) is 3.04. The number of hydrogen-bond acceptors (Lipinski definition) is 4. The molecule has 90 valence electrons. The van der Waals surface area contributed by atoms with E-state index in [0.717, 1.165) is 13.0 Å². The van der Waals surface area contributed by atoms with Crippen LogP contribution in [0.2, 0.25) is 0 Å². The van der Waals surface area contributed by atoms with Gasteiger partial charge in [-0.1, -0.05) is 6.08 Å². The highest BCUT2D eigenvalue weighted by atomic mass is 16.5. The normalized spacial score (nSPS) is 15.2. The van der Waals surface area contributed by atoms with E-state index in [1.165, 1.54) is 11.8 Å². The zero-order chi connectivity index (χ0) is 12.1. The maximum Gasteiger partial charge on any atom is 0.252 e. The van der Waals surface area contributed by atoms with Crippen molar-refractivity contribution in [3.8, 4) is 0 Å². The van der Waals surface area contributed by atoms with Gasteiger partial charge in [0.15, 0.2) is 0 Å². The van der Waals surface area contributed by atoms with E-state index in [1.807, 2.05) is 0 Å². The molecule has 0 spiro atoms. The van der Waals surface area contributed by atoms with Gasteiger partial charge in [0, 0.05) is 18.9 Å². The fourth-order valence-corrected chi connectivity index (χ4v) is 1.69. The molecule has 1 aliphatic heterocycles. The molecule has 5 nitrogen and oxygen atoms in total. The second-order valence-corrected chi connectivity index (χ2v) is 3.84. The van der Waals surface area contributed by atoms with E-state index in [9.17, 15) is 4.79 Å². The topological polar surface area (TPSA) is 77.2 Å². The number of aromatic nitrogens is 1. The molecule has 1 aromatic heterocycles. The largest absolute Gasteiger partial charge is 0.380 e. The first-order chi connectivity index (χ1) is 8.27. The second kappa shape index (κ2) is 5.45. The maximum absolute atomic E-state index is 11.2. The highest BCUT2D eigenvalue weighted by Crippen LogP contribution is 2.14. The lowest BCUT2D eigenvalue weighted by Crippen LogP contribution is -2.18. The summed E-state index contributed by atoms with van der Waals surface area (Å²) in [5.41, 5.74) is 7.56. The molecule has 0 atom stereocenters. The summed E-state index contributed by atoms with van der Waals surface area (Å²) in [4.78, 5) is 15.1. The van der Waals surface area contributed by atoms with Gasteiger partial charge in [0.05, 0.1) is 24.5 Å². The molecule has 2 rings (SSSR count). The Morgan fingerprint density at radius 3 is 3.18 bits per heavy atom. The molecule has 0 unspecified atom stereocenters. The van der Waals surface area contributed by atoms with Crippen molar-refractivity contribution in [2.45, 2.75) is 6.42 Å². The minimum absolute atomic E-state index is 0.407. The summed E-state index contributed by atoms with van der Waals surface area (Å²) >= 11 is 0. The van der Waals surface area contributed by atoms with Gasteiger partial charge in [-0.2, -0.15) is 0 Å². The van der Waals surface area contributed by atoms with Gasteiger partial charge in [-0.25, -0.2) is 0 Å². The molecule has 0 radical (unpaired) electrons. The predicted octanol–water partition coefficient (Wildman–Crippen LogP) is 0.939. The highest BCUT2D eigenvalue weighted by molar-refractivity contribution is 5.98. The summed E-state index contributed by atoms with van der Waals surface area (Å²) in [6.07, 6.45) is 6.19. The number of nitrogens with zero attached hydrogens (tertiary/aromatic N) is 1. The molecule has 17 heavy (non-hydrogen) atoms. The number of anilines is 1. The van der Waals surface area contributed by atoms with Crippen LogP contribution in [-0.4, -0.2) is 30.6 Å². The zero-order valence-electron chi connectivity index (χ0n) is 9.48. The molecule has 0 aliphatic carbocycles. The first-order valence-corrected chi connectivity index (χ1v) is 5.50. The molecule has 0 saturated carbocycles. The van der Waals surface area contributed by atoms with E-state index in [2.05, 4.69) is 16.4 Å². The SMILES string of the molecule is NC(=O)c1cnccc1NCC1=CCCOC1. The van der Waals surface area contributed by atoms with Gasteiger partial charge in [-0.15, -0.1) is 0 Å². The number of nitrogens with one attached hydrogen (secondary N) is 1. The quantitative estimate of drug-likeness (QED) is 0.759. The van der Waals surface area contributed by atoms with Gasteiger partial charge in [0.25, 0.3) is 5.91 Å². The Hall–Kier alpha value is -1.88. The first-order valence-electron chi connectivity index (χ1n) is 5.50. The molecule has 1 amide bonds. The summed E-state index contributed by atoms with van der Waals surface area (Å²) < 4.78 is 5.34. The average molecular weight is 233 g/mol. The fraction of sp³-hybridized carbons (Fsp3) is 0.333. The maximum atomic E-state index is 11.2. The van der Waals surface area contributed by atoms with Crippen LogP contribution in [-0.2, 0) is 4.74 Å². The number of rotatable bonds is 4. The minimum atomic E-state index is -0.477. The smallest absolute Gasteiger partial charge is 0.252 e. The van der Waals surface area contributed by atoms with Gasteiger partial charge in [-0.05, 0) is 18.1 Å². The fourth-order valence-electron chi connectivity index (χ4n) is 1.69. The number of carbonyl (C=O) groups excluding carboxylic acids is 1. The van der Waals surface area contributed by atoms with Gasteiger partial charge in [-0.3, -0.25) is 9.78 Å². The monoisotopic (exact) mass is 233 g/mol. The third-order valence-corrected chi connectivity index (χ3v) is 2.58. The highest BCUT2D eigenvalue weighted by Gasteiger charge is 2.09. The minimum Gasteiger partial charge on any atom is -0.380 e. The van der Waals surface area contributed by atoms with Gasteiger partial charge < -0.3 is 15.8 Å². The Bertz CT molecular complexity index is 443. The van der Waals surface area contributed by atoms with Gasteiger partial charge in [0.2, 0.25) is 0 Å². The summed E-state index contributed by atoms with van der Waals surface area (Å²) in [6.45, 7) is 2.08. The van der Waals surface area contributed by atoms with Gasteiger partial charge >= 0.3 is 0 Å².